The van der Waals surface area contributed by atoms with Crippen LogP contribution in [-0.2, 0) is 0 Å². The first-order valence-electron chi connectivity index (χ1n) is 1.39. The maximum absolute atomic E-state index is 9.17. The minimum atomic E-state index is -0.375. The fourth-order valence-electron chi connectivity index (χ4n) is 0. The van der Waals surface area contributed by atoms with E-state index in [1.165, 1.54) is 6.92 Å². The van der Waals surface area contributed by atoms with Crippen LogP contribution in [0.4, 0.5) is 0 Å². The molecule has 0 rings (SSSR count). The molecule has 0 aliphatic carbocycles. The minimum absolute atomic E-state index is 0. The molecule has 0 aromatic heterocycles. The zero-order chi connectivity index (χ0) is 4.28. The van der Waals surface area contributed by atoms with Crippen molar-refractivity contribution >= 4 is 0 Å². The average Bonchev–Trinajstić information content (AvgIpc) is 1.38. The van der Waals surface area contributed by atoms with E-state index in [2.05, 4.69) is 0 Å². The first kappa shape index (κ1) is 9.64. The van der Waals surface area contributed by atoms with Crippen LogP contribution < -0.4 is 29.6 Å². The minimum Gasteiger partial charge on any atom is -0.265 e. The SMILES string of the molecule is CC[N+](=O)[O-].[Na+]. The van der Waals surface area contributed by atoms with Gasteiger partial charge in [-0.2, -0.15) is 0 Å². The van der Waals surface area contributed by atoms with Crippen molar-refractivity contribution in [2.24, 2.45) is 0 Å². The van der Waals surface area contributed by atoms with Crippen LogP contribution in [0.1, 0.15) is 6.92 Å². The molecule has 30 valence electrons. The second-order valence-electron chi connectivity index (χ2n) is 0.649. The molecule has 0 N–H and O–H groups in total. The average molecular weight is 98.1 g/mol. The predicted octanol–water partition coefficient (Wildman–Crippen LogP) is -2.71. The first-order chi connectivity index (χ1) is 2.27. The van der Waals surface area contributed by atoms with Crippen LogP contribution in [-0.4, -0.2) is 11.5 Å². The smallest absolute Gasteiger partial charge is 0.265 e. The van der Waals surface area contributed by atoms with E-state index in [4.69, 9.17) is 0 Å². The second-order valence-corrected chi connectivity index (χ2v) is 0.649. The largest absolute Gasteiger partial charge is 1.00 e. The van der Waals surface area contributed by atoms with Gasteiger partial charge in [0.25, 0.3) is 0 Å². The molecule has 0 fully saturated rings. The van der Waals surface area contributed by atoms with Crippen LogP contribution in [0.3, 0.4) is 0 Å². The van der Waals surface area contributed by atoms with Gasteiger partial charge in [0.15, 0.2) is 0 Å². The molecular weight excluding hydrogens is 93.0 g/mol. The molecule has 0 bridgehead atoms. The van der Waals surface area contributed by atoms with Gasteiger partial charge in [0, 0.05) is 11.8 Å². The number of nitro groups is 1. The van der Waals surface area contributed by atoms with E-state index in [1.54, 1.807) is 0 Å². The van der Waals surface area contributed by atoms with Crippen LogP contribution in [0.15, 0.2) is 0 Å². The summed E-state index contributed by atoms with van der Waals surface area (Å²) in [7, 11) is 0. The second kappa shape index (κ2) is 5.40. The third-order valence-corrected chi connectivity index (χ3v) is 0.258. The molecular formula is C2H5NNaO2+. The van der Waals surface area contributed by atoms with Crippen molar-refractivity contribution in [2.75, 3.05) is 6.54 Å². The quantitative estimate of drug-likeness (QED) is 0.203. The Morgan fingerprint density at radius 2 is 2.00 bits per heavy atom. The van der Waals surface area contributed by atoms with Crippen molar-refractivity contribution in [3.05, 3.63) is 10.1 Å². The van der Waals surface area contributed by atoms with Crippen LogP contribution in [0.2, 0.25) is 0 Å². The molecule has 4 heteroatoms. The maximum Gasteiger partial charge on any atom is 1.00 e. The van der Waals surface area contributed by atoms with E-state index in [-0.39, 0.29) is 41.0 Å². The molecule has 0 amide bonds. The van der Waals surface area contributed by atoms with E-state index in [0.717, 1.165) is 0 Å². The molecule has 0 radical (unpaired) electrons. The van der Waals surface area contributed by atoms with Crippen LogP contribution in [0, 0.1) is 10.1 Å². The molecule has 0 aliphatic heterocycles. The molecule has 6 heavy (non-hydrogen) atoms. The Hall–Kier alpha value is 0.400. The first-order valence-corrected chi connectivity index (χ1v) is 1.39. The Balaban J connectivity index is 0. The van der Waals surface area contributed by atoms with Gasteiger partial charge in [-0.25, -0.2) is 0 Å². The van der Waals surface area contributed by atoms with E-state index < -0.39 is 0 Å². The summed E-state index contributed by atoms with van der Waals surface area (Å²) in [5.41, 5.74) is 0. The standard InChI is InChI=1S/C2H5NO2.Na/c1-2-3(4)5;/h2H2,1H3;/q;+1. The Morgan fingerprint density at radius 1 is 1.83 bits per heavy atom. The van der Waals surface area contributed by atoms with Crippen LogP contribution >= 0.6 is 0 Å². The molecule has 0 aliphatic rings. The molecule has 0 saturated heterocycles. The van der Waals surface area contributed by atoms with Gasteiger partial charge in [-0.15, -0.1) is 0 Å². The zero-order valence-electron chi connectivity index (χ0n) is 3.97. The Kier molecular flexibility index (Phi) is 8.68. The summed E-state index contributed by atoms with van der Waals surface area (Å²) < 4.78 is 0. The van der Waals surface area contributed by atoms with E-state index >= 15 is 0 Å². The number of nitrogens with zero attached hydrogens (tertiary/aromatic N) is 1. The molecule has 0 unspecified atom stereocenters. The fraction of sp³-hybridized carbons (Fsp3) is 1.00. The maximum atomic E-state index is 9.17. The summed E-state index contributed by atoms with van der Waals surface area (Å²) >= 11 is 0. The van der Waals surface area contributed by atoms with Gasteiger partial charge in [0.05, 0.1) is 0 Å². The molecule has 0 heterocycles. The monoisotopic (exact) mass is 98.0 g/mol. The van der Waals surface area contributed by atoms with Crippen LogP contribution in [0.25, 0.3) is 0 Å². The van der Waals surface area contributed by atoms with Crippen LogP contribution in [0.5, 0.6) is 0 Å². The van der Waals surface area contributed by atoms with Gasteiger partial charge in [-0.1, -0.05) is 0 Å². The molecule has 0 spiro atoms. The fourth-order valence-corrected chi connectivity index (χ4v) is 0. The normalized spacial score (nSPS) is 6.17. The topological polar surface area (TPSA) is 43.1 Å². The van der Waals surface area contributed by atoms with E-state index in [0.29, 0.717) is 0 Å². The van der Waals surface area contributed by atoms with Gasteiger partial charge in [-0.3, -0.25) is 10.1 Å². The Morgan fingerprint density at radius 3 is 2.00 bits per heavy atom. The number of hydrogen-bond acceptors (Lipinski definition) is 2. The van der Waals surface area contributed by atoms with Gasteiger partial charge >= 0.3 is 29.6 Å². The summed E-state index contributed by atoms with van der Waals surface area (Å²) in [4.78, 5) is 8.80. The van der Waals surface area contributed by atoms with Crippen molar-refractivity contribution in [2.45, 2.75) is 6.92 Å². The predicted molar refractivity (Wildman–Crippen MR) is 17.5 cm³/mol. The summed E-state index contributed by atoms with van der Waals surface area (Å²) in [6.45, 7) is 1.53. The summed E-state index contributed by atoms with van der Waals surface area (Å²) in [5.74, 6) is 0. The third kappa shape index (κ3) is 8.83. The molecule has 0 atom stereocenters. The number of rotatable bonds is 1. The van der Waals surface area contributed by atoms with Crippen molar-refractivity contribution in [1.82, 2.24) is 0 Å². The zero-order valence-corrected chi connectivity index (χ0v) is 5.97. The van der Waals surface area contributed by atoms with Crippen molar-refractivity contribution in [3.63, 3.8) is 0 Å². The summed E-state index contributed by atoms with van der Waals surface area (Å²) in [6.07, 6.45) is 0. The Labute approximate surface area is 58.2 Å². The van der Waals surface area contributed by atoms with E-state index in [9.17, 15) is 10.1 Å². The summed E-state index contributed by atoms with van der Waals surface area (Å²) in [5, 5.41) is 9.17. The molecule has 0 saturated carbocycles. The molecule has 0 aromatic rings. The molecule has 3 nitrogen and oxygen atoms in total. The Bertz CT molecular complexity index is 46.8. The van der Waals surface area contributed by atoms with Crippen molar-refractivity contribution < 1.29 is 34.5 Å². The molecule has 0 aromatic carbocycles. The number of hydrogen-bond donors (Lipinski definition) is 0. The van der Waals surface area contributed by atoms with Gasteiger partial charge < -0.3 is 0 Å². The van der Waals surface area contributed by atoms with Gasteiger partial charge in [-0.05, 0) is 0 Å². The van der Waals surface area contributed by atoms with Gasteiger partial charge in [0.2, 0.25) is 6.54 Å². The van der Waals surface area contributed by atoms with Gasteiger partial charge in [0.1, 0.15) is 0 Å². The third-order valence-electron chi connectivity index (χ3n) is 0.258. The van der Waals surface area contributed by atoms with Crippen molar-refractivity contribution in [3.8, 4) is 0 Å². The van der Waals surface area contributed by atoms with E-state index in [1.807, 2.05) is 0 Å². The van der Waals surface area contributed by atoms with Crippen molar-refractivity contribution in [1.29, 1.82) is 0 Å². The summed E-state index contributed by atoms with van der Waals surface area (Å²) in [6, 6.07) is 0.